The van der Waals surface area contributed by atoms with Gasteiger partial charge < -0.3 is 14.7 Å². The van der Waals surface area contributed by atoms with Gasteiger partial charge in [-0.25, -0.2) is 4.39 Å². The van der Waals surface area contributed by atoms with Gasteiger partial charge >= 0.3 is 0 Å². The summed E-state index contributed by atoms with van der Waals surface area (Å²) < 4.78 is 18.9. The van der Waals surface area contributed by atoms with E-state index in [0.717, 1.165) is 10.4 Å². The van der Waals surface area contributed by atoms with Crippen molar-refractivity contribution in [1.29, 1.82) is 0 Å². The number of carbonyl (C=O) groups is 1. The highest BCUT2D eigenvalue weighted by Crippen LogP contribution is 2.39. The second kappa shape index (κ2) is 7.00. The van der Waals surface area contributed by atoms with Crippen molar-refractivity contribution < 1.29 is 19.0 Å². The highest BCUT2D eigenvalue weighted by atomic mass is 32.1. The average Bonchev–Trinajstić information content (AvgIpc) is 3.22. The van der Waals surface area contributed by atoms with E-state index in [9.17, 15) is 14.3 Å². The van der Waals surface area contributed by atoms with Crippen LogP contribution in [0.25, 0.3) is 0 Å². The van der Waals surface area contributed by atoms with E-state index >= 15 is 0 Å². The van der Waals surface area contributed by atoms with Gasteiger partial charge in [0.2, 0.25) is 0 Å². The first kappa shape index (κ1) is 17.5. The number of aliphatic hydroxyl groups is 1. The molecular weight excluding hydrogens is 353 g/mol. The molecule has 2 aliphatic rings. The number of hydrogen-bond acceptors (Lipinski definition) is 4. The molecule has 1 aromatic heterocycles. The molecule has 1 aromatic carbocycles. The number of aliphatic hydroxyl groups excluding tert-OH is 1. The van der Waals surface area contributed by atoms with Gasteiger partial charge in [0.15, 0.2) is 0 Å². The van der Waals surface area contributed by atoms with Gasteiger partial charge in [0.05, 0.1) is 11.0 Å². The molecule has 1 amide bonds. The molecular formula is C20H22FNO3S. The van der Waals surface area contributed by atoms with E-state index < -0.39 is 6.10 Å². The lowest BCUT2D eigenvalue weighted by Gasteiger charge is -2.35. The molecule has 0 bridgehead atoms. The van der Waals surface area contributed by atoms with Crippen molar-refractivity contribution in [1.82, 2.24) is 4.90 Å². The van der Waals surface area contributed by atoms with Crippen LogP contribution in [0.15, 0.2) is 35.7 Å². The summed E-state index contributed by atoms with van der Waals surface area (Å²) in [6.45, 7) is 3.36. The predicted octanol–water partition coefficient (Wildman–Crippen LogP) is 3.49. The first-order valence-electron chi connectivity index (χ1n) is 8.95. The summed E-state index contributed by atoms with van der Waals surface area (Å²) in [6, 6.07) is 7.84. The van der Waals surface area contributed by atoms with E-state index in [-0.39, 0.29) is 17.8 Å². The Hall–Kier alpha value is -1.92. The van der Waals surface area contributed by atoms with Crippen LogP contribution in [0.5, 0.6) is 5.75 Å². The number of ether oxygens (including phenoxy) is 1. The zero-order valence-electron chi connectivity index (χ0n) is 14.6. The molecule has 2 heterocycles. The van der Waals surface area contributed by atoms with Gasteiger partial charge in [-0.1, -0.05) is 0 Å². The Morgan fingerprint density at radius 3 is 2.54 bits per heavy atom. The predicted molar refractivity (Wildman–Crippen MR) is 98.0 cm³/mol. The van der Waals surface area contributed by atoms with Crippen molar-refractivity contribution in [2.75, 3.05) is 13.1 Å². The quantitative estimate of drug-likeness (QED) is 0.894. The fraction of sp³-hybridized carbons (Fsp3) is 0.450. The van der Waals surface area contributed by atoms with Gasteiger partial charge in [0, 0.05) is 13.1 Å². The van der Waals surface area contributed by atoms with Crippen LogP contribution in [0.3, 0.4) is 0 Å². The lowest BCUT2D eigenvalue weighted by Crippen LogP contribution is -2.42. The van der Waals surface area contributed by atoms with E-state index in [4.69, 9.17) is 4.74 Å². The Labute approximate surface area is 156 Å². The van der Waals surface area contributed by atoms with Crippen molar-refractivity contribution in [3.8, 4) is 5.75 Å². The Bertz CT molecular complexity index is 791. The molecule has 1 aliphatic carbocycles. The van der Waals surface area contributed by atoms with E-state index in [0.29, 0.717) is 43.5 Å². The van der Waals surface area contributed by atoms with Crippen LogP contribution >= 0.6 is 11.3 Å². The summed E-state index contributed by atoms with van der Waals surface area (Å²) in [6.07, 6.45) is 0.445. The molecule has 2 fully saturated rings. The van der Waals surface area contributed by atoms with Crippen LogP contribution in [-0.2, 0) is 0 Å². The molecule has 0 radical (unpaired) electrons. The number of halogens is 1. The standard InChI is InChI=1S/C20H22FNO3S/c1-12-6-7-26-19(12)20(24)22-10-13-8-17(23)18(9-14(13)11-22)25-16-4-2-15(21)3-5-16/h2-7,13-14,17-18,23H,8-11H2,1H3/t13-,14+,17+,18+/m0/s1. The SMILES string of the molecule is Cc1ccsc1C(=O)N1C[C@H]2C[C@@H](Oc3ccc(F)cc3)[C@H](O)C[C@H]2C1. The highest BCUT2D eigenvalue weighted by Gasteiger charge is 2.44. The minimum absolute atomic E-state index is 0.0948. The monoisotopic (exact) mass is 375 g/mol. The largest absolute Gasteiger partial charge is 0.488 e. The first-order valence-corrected chi connectivity index (χ1v) is 9.83. The molecule has 4 nitrogen and oxygen atoms in total. The molecule has 1 saturated carbocycles. The van der Waals surface area contributed by atoms with E-state index in [1.54, 1.807) is 12.1 Å². The maximum Gasteiger partial charge on any atom is 0.264 e. The second-order valence-corrected chi connectivity index (χ2v) is 8.23. The van der Waals surface area contributed by atoms with Gasteiger partial charge in [-0.15, -0.1) is 11.3 Å². The molecule has 0 unspecified atom stereocenters. The molecule has 1 N–H and O–H groups in total. The third-order valence-electron chi connectivity index (χ3n) is 5.53. The lowest BCUT2D eigenvalue weighted by atomic mass is 9.78. The number of rotatable bonds is 3. The van der Waals surface area contributed by atoms with Crippen molar-refractivity contribution in [2.24, 2.45) is 11.8 Å². The van der Waals surface area contributed by atoms with Gasteiger partial charge in [-0.2, -0.15) is 0 Å². The smallest absolute Gasteiger partial charge is 0.264 e. The Balaban J connectivity index is 1.42. The number of carbonyl (C=O) groups excluding carboxylic acids is 1. The molecule has 6 heteroatoms. The summed E-state index contributed by atoms with van der Waals surface area (Å²) in [4.78, 5) is 15.5. The normalized spacial score (nSPS) is 28.0. The fourth-order valence-corrected chi connectivity index (χ4v) is 5.00. The van der Waals surface area contributed by atoms with Crippen molar-refractivity contribution in [3.63, 3.8) is 0 Å². The second-order valence-electron chi connectivity index (χ2n) is 7.31. The number of benzene rings is 1. The van der Waals surface area contributed by atoms with Gasteiger partial charge in [-0.3, -0.25) is 4.79 Å². The van der Waals surface area contributed by atoms with Gasteiger partial charge in [0.25, 0.3) is 5.91 Å². The third kappa shape index (κ3) is 3.35. The number of thiophene rings is 1. The van der Waals surface area contributed by atoms with Crippen LogP contribution in [0, 0.1) is 24.6 Å². The summed E-state index contributed by atoms with van der Waals surface area (Å²) in [5.41, 5.74) is 1.02. The van der Waals surface area contributed by atoms with Crippen molar-refractivity contribution in [3.05, 3.63) is 52.0 Å². The Kier molecular flexibility index (Phi) is 4.71. The minimum atomic E-state index is -0.570. The third-order valence-corrected chi connectivity index (χ3v) is 6.53. The summed E-state index contributed by atoms with van der Waals surface area (Å²) in [5, 5.41) is 12.4. The van der Waals surface area contributed by atoms with Crippen molar-refractivity contribution in [2.45, 2.75) is 32.0 Å². The summed E-state index contributed by atoms with van der Waals surface area (Å²) in [7, 11) is 0. The minimum Gasteiger partial charge on any atom is -0.488 e. The summed E-state index contributed by atoms with van der Waals surface area (Å²) >= 11 is 1.49. The number of fused-ring (bicyclic) bond motifs is 1. The lowest BCUT2D eigenvalue weighted by molar-refractivity contribution is -0.0231. The van der Waals surface area contributed by atoms with Crippen LogP contribution in [0.2, 0.25) is 0 Å². The molecule has 26 heavy (non-hydrogen) atoms. The molecule has 1 saturated heterocycles. The van der Waals surface area contributed by atoms with E-state index in [2.05, 4.69) is 0 Å². The zero-order chi connectivity index (χ0) is 18.3. The number of likely N-dealkylation sites (tertiary alicyclic amines) is 1. The fourth-order valence-electron chi connectivity index (χ4n) is 4.11. The molecule has 138 valence electrons. The first-order chi connectivity index (χ1) is 12.5. The number of nitrogens with zero attached hydrogens (tertiary/aromatic N) is 1. The molecule has 4 rings (SSSR count). The van der Waals surface area contributed by atoms with Crippen molar-refractivity contribution >= 4 is 17.2 Å². The zero-order valence-corrected chi connectivity index (χ0v) is 15.4. The van der Waals surface area contributed by atoms with Crippen LogP contribution in [0.1, 0.15) is 28.1 Å². The topological polar surface area (TPSA) is 49.8 Å². The number of aryl methyl sites for hydroxylation is 1. The van der Waals surface area contributed by atoms with Crippen LogP contribution in [0.4, 0.5) is 4.39 Å². The summed E-state index contributed by atoms with van der Waals surface area (Å²) in [5.74, 6) is 0.984. The highest BCUT2D eigenvalue weighted by molar-refractivity contribution is 7.12. The number of hydrogen-bond donors (Lipinski definition) is 1. The maximum atomic E-state index is 13.0. The molecule has 1 aliphatic heterocycles. The Morgan fingerprint density at radius 1 is 1.19 bits per heavy atom. The molecule has 0 spiro atoms. The van der Waals surface area contributed by atoms with E-state index in [1.165, 1.54) is 23.5 Å². The van der Waals surface area contributed by atoms with Crippen LogP contribution in [-0.4, -0.2) is 41.2 Å². The molecule has 4 atom stereocenters. The molecule has 2 aromatic rings. The van der Waals surface area contributed by atoms with Gasteiger partial charge in [-0.05, 0) is 72.9 Å². The average molecular weight is 375 g/mol. The number of amides is 1. The maximum absolute atomic E-state index is 13.0. The van der Waals surface area contributed by atoms with E-state index in [1.807, 2.05) is 23.3 Å². The van der Waals surface area contributed by atoms with Crippen LogP contribution < -0.4 is 4.74 Å². The van der Waals surface area contributed by atoms with Gasteiger partial charge in [0.1, 0.15) is 17.7 Å². The Morgan fingerprint density at radius 2 is 1.88 bits per heavy atom.